The normalized spacial score (nSPS) is 23.4. The summed E-state index contributed by atoms with van der Waals surface area (Å²) in [5.74, 6) is 1.69. The highest BCUT2D eigenvalue weighted by Gasteiger charge is 2.54. The molecule has 0 bridgehead atoms. The van der Waals surface area contributed by atoms with Gasteiger partial charge in [-0.25, -0.2) is 4.98 Å². The number of nitrogens with one attached hydrogen (secondary N) is 1. The number of hydrogen-bond donors (Lipinski definition) is 1. The van der Waals surface area contributed by atoms with Crippen LogP contribution in [0.25, 0.3) is 11.5 Å². The van der Waals surface area contributed by atoms with Gasteiger partial charge in [0, 0.05) is 44.1 Å². The molecule has 0 radical (unpaired) electrons. The van der Waals surface area contributed by atoms with E-state index in [1.54, 1.807) is 18.6 Å². The van der Waals surface area contributed by atoms with Gasteiger partial charge >= 0.3 is 0 Å². The Morgan fingerprint density at radius 3 is 3.00 bits per heavy atom. The smallest absolute Gasteiger partial charge is 0.234 e. The van der Waals surface area contributed by atoms with Crippen LogP contribution in [0, 0.1) is 5.92 Å². The van der Waals surface area contributed by atoms with E-state index in [-0.39, 0.29) is 11.3 Å². The molecule has 1 amide bonds. The number of benzene rings is 1. The lowest BCUT2D eigenvalue weighted by Crippen LogP contribution is -2.33. The van der Waals surface area contributed by atoms with E-state index in [1.807, 2.05) is 30.3 Å². The summed E-state index contributed by atoms with van der Waals surface area (Å²) in [4.78, 5) is 27.7. The first-order valence-corrected chi connectivity index (χ1v) is 10.4. The summed E-state index contributed by atoms with van der Waals surface area (Å²) >= 11 is 0. The Bertz CT molecular complexity index is 1010. The second-order valence-electron chi connectivity index (χ2n) is 8.16. The zero-order valence-electron chi connectivity index (χ0n) is 16.7. The third-order valence-corrected chi connectivity index (χ3v) is 6.30. The minimum atomic E-state index is -0.122. The van der Waals surface area contributed by atoms with Crippen LogP contribution in [0.4, 0.5) is 5.69 Å². The number of rotatable bonds is 6. The monoisotopic (exact) mass is 404 g/mol. The molecule has 1 saturated heterocycles. The van der Waals surface area contributed by atoms with Crippen LogP contribution < -0.4 is 5.32 Å². The van der Waals surface area contributed by atoms with Gasteiger partial charge in [-0.1, -0.05) is 29.8 Å². The van der Waals surface area contributed by atoms with E-state index in [2.05, 4.69) is 25.3 Å². The van der Waals surface area contributed by atoms with Gasteiger partial charge in [0.25, 0.3) is 0 Å². The molecule has 1 aliphatic carbocycles. The van der Waals surface area contributed by atoms with Crippen molar-refractivity contribution < 1.29 is 9.32 Å². The van der Waals surface area contributed by atoms with Crippen LogP contribution in [0.5, 0.6) is 0 Å². The van der Waals surface area contributed by atoms with E-state index in [4.69, 9.17) is 9.51 Å². The van der Waals surface area contributed by atoms with Gasteiger partial charge in [-0.2, -0.15) is 4.98 Å². The van der Waals surface area contributed by atoms with Gasteiger partial charge in [-0.05, 0) is 30.9 Å². The molecule has 1 aromatic carbocycles. The number of nitrogens with zero attached hydrogens (tertiary/aromatic N) is 5. The van der Waals surface area contributed by atoms with Crippen LogP contribution in [0.15, 0.2) is 53.4 Å². The summed E-state index contributed by atoms with van der Waals surface area (Å²) in [5, 5.41) is 7.12. The van der Waals surface area contributed by atoms with Gasteiger partial charge in [-0.3, -0.25) is 9.78 Å². The number of fused-ring (bicyclic) bond motifs is 1. The van der Waals surface area contributed by atoms with Gasteiger partial charge in [0.1, 0.15) is 5.69 Å². The average Bonchev–Trinajstić information content (AvgIpc) is 3.48. The molecule has 8 heteroatoms. The van der Waals surface area contributed by atoms with Crippen molar-refractivity contribution in [2.24, 2.45) is 5.92 Å². The lowest BCUT2D eigenvalue weighted by atomic mass is 9.80. The Balaban J connectivity index is 1.25. The number of hydrogen-bond acceptors (Lipinski definition) is 7. The lowest BCUT2D eigenvalue weighted by Gasteiger charge is -2.24. The maximum Gasteiger partial charge on any atom is 0.234 e. The Labute approximate surface area is 174 Å². The molecule has 2 atom stereocenters. The molecule has 1 aliphatic heterocycles. The summed E-state index contributed by atoms with van der Waals surface area (Å²) < 4.78 is 5.73. The first kappa shape index (κ1) is 18.9. The number of anilines is 1. The highest BCUT2D eigenvalue weighted by molar-refractivity contribution is 5.90. The maximum absolute atomic E-state index is 12.3. The average molecular weight is 404 g/mol. The van der Waals surface area contributed by atoms with Crippen LogP contribution in [0.2, 0.25) is 0 Å². The molecule has 3 aromatic rings. The lowest BCUT2D eigenvalue weighted by molar-refractivity contribution is -0.116. The number of aromatic nitrogens is 4. The van der Waals surface area contributed by atoms with Crippen molar-refractivity contribution in [1.29, 1.82) is 0 Å². The largest absolute Gasteiger partial charge is 0.338 e. The van der Waals surface area contributed by atoms with Gasteiger partial charge in [0.05, 0.1) is 11.6 Å². The first-order valence-electron chi connectivity index (χ1n) is 10.4. The summed E-state index contributed by atoms with van der Waals surface area (Å²) in [6.45, 7) is 2.53. The molecule has 30 heavy (non-hydrogen) atoms. The molecule has 8 nitrogen and oxygen atoms in total. The molecular formula is C22H24N6O2. The number of carbonyl (C=O) groups is 1. The SMILES string of the molecule is O=C(CCN1C[C@H]2CCC[C@@]2(c2nc(-c3cnccn3)no2)C1)Nc1ccccc1. The van der Waals surface area contributed by atoms with E-state index in [0.29, 0.717) is 29.7 Å². The van der Waals surface area contributed by atoms with Gasteiger partial charge in [0.2, 0.25) is 17.6 Å². The van der Waals surface area contributed by atoms with Crippen molar-refractivity contribution in [3.05, 3.63) is 54.8 Å². The van der Waals surface area contributed by atoms with Crippen LogP contribution in [0.3, 0.4) is 0 Å². The van der Waals surface area contributed by atoms with Crippen LogP contribution in [-0.4, -0.2) is 50.5 Å². The zero-order valence-corrected chi connectivity index (χ0v) is 16.7. The van der Waals surface area contributed by atoms with Crippen molar-refractivity contribution in [1.82, 2.24) is 25.0 Å². The fraction of sp³-hybridized carbons (Fsp3) is 0.409. The van der Waals surface area contributed by atoms with Gasteiger partial charge in [0.15, 0.2) is 0 Å². The van der Waals surface area contributed by atoms with Crippen molar-refractivity contribution in [3.63, 3.8) is 0 Å². The highest BCUT2D eigenvalue weighted by atomic mass is 16.5. The Kier molecular flexibility index (Phi) is 5.00. The summed E-state index contributed by atoms with van der Waals surface area (Å²) in [5.41, 5.74) is 1.33. The third kappa shape index (κ3) is 3.59. The van der Waals surface area contributed by atoms with Crippen molar-refractivity contribution in [2.75, 3.05) is 25.0 Å². The fourth-order valence-corrected chi connectivity index (χ4v) is 4.86. The van der Waals surface area contributed by atoms with E-state index in [1.165, 1.54) is 0 Å². The van der Waals surface area contributed by atoms with Crippen molar-refractivity contribution >= 4 is 11.6 Å². The quantitative estimate of drug-likeness (QED) is 0.675. The highest BCUT2D eigenvalue weighted by Crippen LogP contribution is 2.50. The minimum Gasteiger partial charge on any atom is -0.338 e. The number of amides is 1. The van der Waals surface area contributed by atoms with Crippen LogP contribution in [-0.2, 0) is 10.2 Å². The van der Waals surface area contributed by atoms with E-state index in [0.717, 1.165) is 44.6 Å². The Hall–Kier alpha value is -3.13. The molecule has 2 aliphatic rings. The maximum atomic E-state index is 12.3. The number of likely N-dealkylation sites (tertiary alicyclic amines) is 1. The number of carbonyl (C=O) groups excluding carboxylic acids is 1. The predicted octanol–water partition coefficient (Wildman–Crippen LogP) is 2.91. The molecule has 2 fully saturated rings. The van der Waals surface area contributed by atoms with Gasteiger partial charge in [-0.15, -0.1) is 0 Å². The van der Waals surface area contributed by atoms with E-state index < -0.39 is 0 Å². The summed E-state index contributed by atoms with van der Waals surface area (Å²) in [6.07, 6.45) is 8.70. The standard InChI is InChI=1S/C22H24N6O2/c29-19(25-17-6-2-1-3-7-17)8-12-28-14-16-5-4-9-22(16,15-28)21-26-20(27-30-21)18-13-23-10-11-24-18/h1-3,6-7,10-11,13,16H,4-5,8-9,12,14-15H2,(H,25,29)/t16-,22-/m1/s1. The van der Waals surface area contributed by atoms with Crippen molar-refractivity contribution in [2.45, 2.75) is 31.1 Å². The molecule has 0 spiro atoms. The summed E-state index contributed by atoms with van der Waals surface area (Å²) in [6, 6.07) is 9.57. The second kappa shape index (κ2) is 7.95. The van der Waals surface area contributed by atoms with E-state index in [9.17, 15) is 4.79 Å². The van der Waals surface area contributed by atoms with E-state index >= 15 is 0 Å². The third-order valence-electron chi connectivity index (χ3n) is 6.30. The Morgan fingerprint density at radius 1 is 1.27 bits per heavy atom. The molecular weight excluding hydrogens is 380 g/mol. The molecule has 154 valence electrons. The van der Waals surface area contributed by atoms with Crippen molar-refractivity contribution in [3.8, 4) is 11.5 Å². The van der Waals surface area contributed by atoms with Crippen LogP contribution >= 0.6 is 0 Å². The summed E-state index contributed by atoms with van der Waals surface area (Å²) in [7, 11) is 0. The molecule has 3 heterocycles. The number of para-hydroxylation sites is 1. The minimum absolute atomic E-state index is 0.0371. The fourth-order valence-electron chi connectivity index (χ4n) is 4.86. The topological polar surface area (TPSA) is 97.0 Å². The molecule has 1 N–H and O–H groups in total. The molecule has 1 saturated carbocycles. The Morgan fingerprint density at radius 2 is 2.17 bits per heavy atom. The second-order valence-corrected chi connectivity index (χ2v) is 8.16. The zero-order chi connectivity index (χ0) is 20.4. The van der Waals surface area contributed by atoms with Crippen LogP contribution in [0.1, 0.15) is 31.6 Å². The first-order chi connectivity index (χ1) is 14.7. The molecule has 0 unspecified atom stereocenters. The molecule has 2 aromatic heterocycles. The predicted molar refractivity (Wildman–Crippen MR) is 110 cm³/mol. The molecule has 5 rings (SSSR count). The van der Waals surface area contributed by atoms with Gasteiger partial charge < -0.3 is 14.7 Å².